The van der Waals surface area contributed by atoms with Gasteiger partial charge in [-0.25, -0.2) is 0 Å². The quantitative estimate of drug-likeness (QED) is 0.793. The molecular formula is C11H13N3. The average Bonchev–Trinajstić information content (AvgIpc) is 2.72. The molecule has 1 N–H and O–H groups in total. The zero-order chi connectivity index (χ0) is 9.64. The maximum atomic E-state index is 4.12. The van der Waals surface area contributed by atoms with E-state index in [-0.39, 0.29) is 0 Å². The molecule has 0 radical (unpaired) electrons. The fourth-order valence-corrected chi connectivity index (χ4v) is 1.30. The lowest BCUT2D eigenvalue weighted by Crippen LogP contribution is -2.10. The summed E-state index contributed by atoms with van der Waals surface area (Å²) in [6.07, 6.45) is 3.76. The second-order valence-electron chi connectivity index (χ2n) is 3.06. The number of benzene rings is 1. The molecule has 0 bridgehead atoms. The fourth-order valence-electron chi connectivity index (χ4n) is 1.30. The van der Waals surface area contributed by atoms with Crippen molar-refractivity contribution in [2.75, 3.05) is 11.9 Å². The van der Waals surface area contributed by atoms with E-state index in [1.807, 2.05) is 35.1 Å². The van der Waals surface area contributed by atoms with Crippen LogP contribution in [0.5, 0.6) is 0 Å². The summed E-state index contributed by atoms with van der Waals surface area (Å²) >= 11 is 0. The molecule has 1 aromatic carbocycles. The van der Waals surface area contributed by atoms with Crippen LogP contribution in [0.15, 0.2) is 48.8 Å². The summed E-state index contributed by atoms with van der Waals surface area (Å²) in [5, 5.41) is 7.45. The number of nitrogens with one attached hydrogen (secondary N) is 1. The minimum Gasteiger partial charge on any atom is -0.383 e. The molecule has 0 atom stereocenters. The fraction of sp³-hybridized carbons (Fsp3) is 0.182. The van der Waals surface area contributed by atoms with Gasteiger partial charge in [0.25, 0.3) is 0 Å². The van der Waals surface area contributed by atoms with Gasteiger partial charge in [0.05, 0.1) is 6.54 Å². The molecule has 72 valence electrons. The van der Waals surface area contributed by atoms with Crippen molar-refractivity contribution in [1.82, 2.24) is 9.78 Å². The first-order valence-corrected chi connectivity index (χ1v) is 4.71. The topological polar surface area (TPSA) is 29.9 Å². The summed E-state index contributed by atoms with van der Waals surface area (Å²) < 4.78 is 1.91. The molecule has 0 unspecified atom stereocenters. The average molecular weight is 187 g/mol. The Morgan fingerprint density at radius 1 is 1.14 bits per heavy atom. The highest BCUT2D eigenvalue weighted by atomic mass is 15.3. The van der Waals surface area contributed by atoms with Crippen molar-refractivity contribution in [2.24, 2.45) is 0 Å². The largest absolute Gasteiger partial charge is 0.383 e. The lowest BCUT2D eigenvalue weighted by atomic mass is 10.3. The lowest BCUT2D eigenvalue weighted by Gasteiger charge is -2.05. The summed E-state index contributed by atoms with van der Waals surface area (Å²) in [7, 11) is 0. The summed E-state index contributed by atoms with van der Waals surface area (Å²) in [5.74, 6) is 0. The van der Waals surface area contributed by atoms with Crippen LogP contribution in [-0.2, 0) is 6.54 Å². The van der Waals surface area contributed by atoms with Crippen LogP contribution in [0.4, 0.5) is 5.69 Å². The molecule has 0 fully saturated rings. The summed E-state index contributed by atoms with van der Waals surface area (Å²) in [6, 6.07) is 12.1. The number of para-hydroxylation sites is 1. The van der Waals surface area contributed by atoms with Crippen molar-refractivity contribution in [3.8, 4) is 0 Å². The highest BCUT2D eigenvalue weighted by Gasteiger charge is 1.90. The molecule has 0 amide bonds. The van der Waals surface area contributed by atoms with Crippen LogP contribution >= 0.6 is 0 Å². The van der Waals surface area contributed by atoms with Crippen LogP contribution in [0.1, 0.15) is 0 Å². The van der Waals surface area contributed by atoms with E-state index in [4.69, 9.17) is 0 Å². The van der Waals surface area contributed by atoms with Gasteiger partial charge < -0.3 is 5.32 Å². The van der Waals surface area contributed by atoms with Gasteiger partial charge in [0.15, 0.2) is 0 Å². The molecule has 14 heavy (non-hydrogen) atoms. The second-order valence-corrected chi connectivity index (χ2v) is 3.06. The SMILES string of the molecule is c1ccc(NCCn2cccn2)cc1. The van der Waals surface area contributed by atoms with Gasteiger partial charge in [0.1, 0.15) is 0 Å². The number of aromatic nitrogens is 2. The third-order valence-electron chi connectivity index (χ3n) is 2.00. The molecule has 1 aromatic heterocycles. The minimum atomic E-state index is 0.891. The molecule has 0 saturated heterocycles. The van der Waals surface area contributed by atoms with Crippen molar-refractivity contribution < 1.29 is 0 Å². The molecular weight excluding hydrogens is 174 g/mol. The normalized spacial score (nSPS) is 10.0. The van der Waals surface area contributed by atoms with Gasteiger partial charge in [0, 0.05) is 24.6 Å². The van der Waals surface area contributed by atoms with Gasteiger partial charge in [-0.3, -0.25) is 4.68 Å². The third-order valence-corrected chi connectivity index (χ3v) is 2.00. The van der Waals surface area contributed by atoms with Gasteiger partial charge >= 0.3 is 0 Å². The zero-order valence-electron chi connectivity index (χ0n) is 7.93. The first kappa shape index (κ1) is 8.81. The van der Waals surface area contributed by atoms with Crippen LogP contribution in [-0.4, -0.2) is 16.3 Å². The molecule has 0 aliphatic rings. The van der Waals surface area contributed by atoms with E-state index >= 15 is 0 Å². The Kier molecular flexibility index (Phi) is 2.81. The number of hydrogen-bond acceptors (Lipinski definition) is 2. The predicted octanol–water partition coefficient (Wildman–Crippen LogP) is 2.00. The summed E-state index contributed by atoms with van der Waals surface area (Å²) in [4.78, 5) is 0. The summed E-state index contributed by atoms with van der Waals surface area (Å²) in [6.45, 7) is 1.79. The molecule has 0 aliphatic carbocycles. The Morgan fingerprint density at radius 3 is 2.71 bits per heavy atom. The molecule has 0 spiro atoms. The molecule has 2 aromatic rings. The van der Waals surface area contributed by atoms with E-state index in [0.29, 0.717) is 0 Å². The first-order valence-electron chi connectivity index (χ1n) is 4.71. The molecule has 2 rings (SSSR count). The molecule has 0 aliphatic heterocycles. The molecule has 1 heterocycles. The third kappa shape index (κ3) is 2.36. The monoisotopic (exact) mass is 187 g/mol. The van der Waals surface area contributed by atoms with E-state index < -0.39 is 0 Å². The zero-order valence-corrected chi connectivity index (χ0v) is 7.93. The van der Waals surface area contributed by atoms with E-state index in [1.54, 1.807) is 6.20 Å². The maximum absolute atomic E-state index is 4.12. The van der Waals surface area contributed by atoms with Gasteiger partial charge in [-0.1, -0.05) is 18.2 Å². The van der Waals surface area contributed by atoms with E-state index in [9.17, 15) is 0 Å². The van der Waals surface area contributed by atoms with Crippen molar-refractivity contribution in [2.45, 2.75) is 6.54 Å². The highest BCUT2D eigenvalue weighted by molar-refractivity contribution is 5.42. The van der Waals surface area contributed by atoms with Crippen molar-refractivity contribution >= 4 is 5.69 Å². The van der Waals surface area contributed by atoms with Crippen molar-refractivity contribution in [3.05, 3.63) is 48.8 Å². The Labute approximate surface area is 83.4 Å². The number of hydrogen-bond donors (Lipinski definition) is 1. The summed E-state index contributed by atoms with van der Waals surface area (Å²) in [5.41, 5.74) is 1.15. The first-order chi connectivity index (χ1) is 6.95. The van der Waals surface area contributed by atoms with Crippen LogP contribution in [0, 0.1) is 0 Å². The lowest BCUT2D eigenvalue weighted by molar-refractivity contribution is 0.638. The number of anilines is 1. The highest BCUT2D eigenvalue weighted by Crippen LogP contribution is 2.03. The van der Waals surface area contributed by atoms with Crippen LogP contribution in [0.2, 0.25) is 0 Å². The van der Waals surface area contributed by atoms with Gasteiger partial charge in [0.2, 0.25) is 0 Å². The molecule has 3 heteroatoms. The van der Waals surface area contributed by atoms with Crippen LogP contribution in [0.3, 0.4) is 0 Å². The molecule has 0 saturated carbocycles. The van der Waals surface area contributed by atoms with Crippen LogP contribution < -0.4 is 5.32 Å². The van der Waals surface area contributed by atoms with E-state index in [0.717, 1.165) is 18.8 Å². The van der Waals surface area contributed by atoms with Gasteiger partial charge in [-0.2, -0.15) is 5.10 Å². The van der Waals surface area contributed by atoms with E-state index in [1.165, 1.54) is 0 Å². The Hall–Kier alpha value is -1.77. The Balaban J connectivity index is 1.79. The van der Waals surface area contributed by atoms with E-state index in [2.05, 4.69) is 22.5 Å². The van der Waals surface area contributed by atoms with Crippen molar-refractivity contribution in [1.29, 1.82) is 0 Å². The van der Waals surface area contributed by atoms with Gasteiger partial charge in [-0.15, -0.1) is 0 Å². The van der Waals surface area contributed by atoms with Gasteiger partial charge in [-0.05, 0) is 18.2 Å². The van der Waals surface area contributed by atoms with Crippen molar-refractivity contribution in [3.63, 3.8) is 0 Å². The minimum absolute atomic E-state index is 0.891. The number of rotatable bonds is 4. The maximum Gasteiger partial charge on any atom is 0.0582 e. The Bertz CT molecular complexity index is 353. The Morgan fingerprint density at radius 2 is 2.00 bits per heavy atom. The smallest absolute Gasteiger partial charge is 0.0582 e. The standard InChI is InChI=1S/C11H13N3/c1-2-5-11(6-3-1)12-8-10-14-9-4-7-13-14/h1-7,9,12H,8,10H2. The van der Waals surface area contributed by atoms with Crippen LogP contribution in [0.25, 0.3) is 0 Å². The second kappa shape index (κ2) is 4.46. The predicted molar refractivity (Wildman–Crippen MR) is 57.2 cm³/mol. The number of nitrogens with zero attached hydrogens (tertiary/aromatic N) is 2. The molecule has 3 nitrogen and oxygen atoms in total.